The summed E-state index contributed by atoms with van der Waals surface area (Å²) < 4.78 is 7.56. The highest BCUT2D eigenvalue weighted by molar-refractivity contribution is 6.02. The number of carbonyl (C=O) groups excluding carboxylic acids is 1. The maximum absolute atomic E-state index is 12.6. The van der Waals surface area contributed by atoms with Crippen LogP contribution in [0.5, 0.6) is 11.5 Å². The summed E-state index contributed by atoms with van der Waals surface area (Å²) in [5, 5.41) is 12.2. The Bertz CT molecular complexity index is 1250. The number of aliphatic hydroxyl groups excluding tert-OH is 1. The molecule has 1 amide bonds. The van der Waals surface area contributed by atoms with Crippen molar-refractivity contribution < 1.29 is 14.6 Å². The van der Waals surface area contributed by atoms with Crippen molar-refractivity contribution in [1.82, 2.24) is 14.6 Å². The SMILES string of the molecule is CC(=O)N(C(CO)C(C)C)n1cc(-c2ccc(Oc3ccccc3)cc2)c2c(N)ncnc21. The fraction of sp³-hybridized carbons (Fsp3) is 0.240. The van der Waals surface area contributed by atoms with Gasteiger partial charge >= 0.3 is 0 Å². The van der Waals surface area contributed by atoms with Crippen molar-refractivity contribution in [3.05, 3.63) is 67.1 Å². The van der Waals surface area contributed by atoms with Crippen LogP contribution in [-0.2, 0) is 4.79 Å². The van der Waals surface area contributed by atoms with E-state index in [1.807, 2.05) is 74.6 Å². The number of aromatic nitrogens is 3. The molecule has 3 N–H and O–H groups in total. The van der Waals surface area contributed by atoms with Gasteiger partial charge in [-0.1, -0.05) is 44.2 Å². The molecule has 0 saturated carbocycles. The van der Waals surface area contributed by atoms with Gasteiger partial charge in [0, 0.05) is 18.7 Å². The number of hydrogen-bond donors (Lipinski definition) is 2. The molecule has 0 aliphatic heterocycles. The van der Waals surface area contributed by atoms with Gasteiger partial charge in [0.2, 0.25) is 5.91 Å². The average molecular weight is 446 g/mol. The minimum Gasteiger partial charge on any atom is -0.457 e. The average Bonchev–Trinajstić information content (AvgIpc) is 3.18. The summed E-state index contributed by atoms with van der Waals surface area (Å²) in [4.78, 5) is 21.2. The molecule has 2 heterocycles. The summed E-state index contributed by atoms with van der Waals surface area (Å²) >= 11 is 0. The Morgan fingerprint density at radius 1 is 1.09 bits per heavy atom. The fourth-order valence-corrected chi connectivity index (χ4v) is 3.90. The lowest BCUT2D eigenvalue weighted by Gasteiger charge is -2.33. The van der Waals surface area contributed by atoms with Crippen LogP contribution in [-0.4, -0.2) is 38.3 Å². The number of nitrogen functional groups attached to an aromatic ring is 1. The normalized spacial score (nSPS) is 12.2. The largest absolute Gasteiger partial charge is 0.457 e. The lowest BCUT2D eigenvalue weighted by molar-refractivity contribution is -0.119. The third-order valence-electron chi connectivity index (χ3n) is 5.56. The summed E-state index contributed by atoms with van der Waals surface area (Å²) in [5.74, 6) is 1.57. The van der Waals surface area contributed by atoms with Gasteiger partial charge in [0.1, 0.15) is 23.6 Å². The molecular weight excluding hydrogens is 418 g/mol. The van der Waals surface area contributed by atoms with Gasteiger partial charge in [-0.05, 0) is 35.7 Å². The number of anilines is 1. The minimum absolute atomic E-state index is 0.0217. The van der Waals surface area contributed by atoms with Crippen LogP contribution < -0.4 is 15.5 Å². The Labute approximate surface area is 192 Å². The molecule has 0 bridgehead atoms. The zero-order valence-corrected chi connectivity index (χ0v) is 18.8. The molecule has 0 fully saturated rings. The van der Waals surface area contributed by atoms with E-state index < -0.39 is 6.04 Å². The van der Waals surface area contributed by atoms with Gasteiger partial charge in [0.05, 0.1) is 18.0 Å². The second-order valence-electron chi connectivity index (χ2n) is 8.14. The van der Waals surface area contributed by atoms with Crippen LogP contribution >= 0.6 is 0 Å². The first-order valence-corrected chi connectivity index (χ1v) is 10.8. The standard InChI is InChI=1S/C25H27N5O3/c1-16(2)22(14-31)30(17(3)32)29-13-21(23-24(26)27-15-28-25(23)29)18-9-11-20(12-10-18)33-19-7-5-4-6-8-19/h4-13,15-16,22,31H,14H2,1-3H3,(H2,26,27,28). The van der Waals surface area contributed by atoms with Crippen LogP contribution in [0.15, 0.2) is 67.1 Å². The third kappa shape index (κ3) is 4.38. The Balaban J connectivity index is 1.80. The molecule has 0 spiro atoms. The van der Waals surface area contributed by atoms with Crippen molar-refractivity contribution in [2.45, 2.75) is 26.8 Å². The van der Waals surface area contributed by atoms with Gasteiger partial charge < -0.3 is 15.6 Å². The molecule has 2 aromatic carbocycles. The summed E-state index contributed by atoms with van der Waals surface area (Å²) in [5.41, 5.74) is 8.39. The van der Waals surface area contributed by atoms with E-state index in [4.69, 9.17) is 10.5 Å². The van der Waals surface area contributed by atoms with Crippen molar-refractivity contribution in [2.75, 3.05) is 17.3 Å². The van der Waals surface area contributed by atoms with Gasteiger partial charge in [0.25, 0.3) is 0 Å². The highest BCUT2D eigenvalue weighted by Crippen LogP contribution is 2.34. The lowest BCUT2D eigenvalue weighted by Crippen LogP contribution is -2.51. The summed E-state index contributed by atoms with van der Waals surface area (Å²) in [7, 11) is 0. The smallest absolute Gasteiger partial charge is 0.238 e. The highest BCUT2D eigenvalue weighted by atomic mass is 16.5. The van der Waals surface area contributed by atoms with Crippen LogP contribution in [0.1, 0.15) is 20.8 Å². The Hall–Kier alpha value is -3.91. The topological polar surface area (TPSA) is 106 Å². The van der Waals surface area contributed by atoms with E-state index in [0.29, 0.717) is 22.6 Å². The number of nitrogens with two attached hydrogens (primary N) is 1. The third-order valence-corrected chi connectivity index (χ3v) is 5.56. The minimum atomic E-state index is -0.427. The van der Waals surface area contributed by atoms with Crippen molar-refractivity contribution in [1.29, 1.82) is 0 Å². The van der Waals surface area contributed by atoms with Crippen molar-refractivity contribution in [2.24, 2.45) is 5.92 Å². The molecule has 0 radical (unpaired) electrons. The van der Waals surface area contributed by atoms with Crippen LogP contribution in [0.2, 0.25) is 0 Å². The molecule has 2 aromatic heterocycles. The van der Waals surface area contributed by atoms with E-state index in [9.17, 15) is 9.90 Å². The molecule has 4 aromatic rings. The van der Waals surface area contributed by atoms with E-state index in [0.717, 1.165) is 16.9 Å². The van der Waals surface area contributed by atoms with Gasteiger partial charge in [-0.3, -0.25) is 4.79 Å². The Morgan fingerprint density at radius 2 is 1.76 bits per heavy atom. The molecule has 8 heteroatoms. The van der Waals surface area contributed by atoms with Crippen molar-refractivity contribution in [3.8, 4) is 22.6 Å². The highest BCUT2D eigenvalue weighted by Gasteiger charge is 2.28. The number of ether oxygens (including phenoxy) is 1. The van der Waals surface area contributed by atoms with Crippen LogP contribution in [0.4, 0.5) is 5.82 Å². The molecule has 4 rings (SSSR count). The quantitative estimate of drug-likeness (QED) is 0.446. The van der Waals surface area contributed by atoms with Gasteiger partial charge in [-0.15, -0.1) is 0 Å². The van der Waals surface area contributed by atoms with Crippen LogP contribution in [0.3, 0.4) is 0 Å². The van der Waals surface area contributed by atoms with Gasteiger partial charge in [-0.2, -0.15) is 0 Å². The van der Waals surface area contributed by atoms with Crippen LogP contribution in [0, 0.1) is 5.92 Å². The molecule has 170 valence electrons. The number of nitrogens with zero attached hydrogens (tertiary/aromatic N) is 4. The van der Waals surface area contributed by atoms with E-state index in [-0.39, 0.29) is 18.4 Å². The molecule has 1 atom stereocenters. The number of aliphatic hydroxyl groups is 1. The van der Waals surface area contributed by atoms with Gasteiger partial charge in [-0.25, -0.2) is 19.7 Å². The zero-order chi connectivity index (χ0) is 23.5. The Morgan fingerprint density at radius 3 is 2.36 bits per heavy atom. The summed E-state index contributed by atoms with van der Waals surface area (Å²) in [6, 6.07) is 16.7. The number of rotatable bonds is 7. The van der Waals surface area contributed by atoms with E-state index >= 15 is 0 Å². The van der Waals surface area contributed by atoms with E-state index in [1.165, 1.54) is 18.3 Å². The summed E-state index contributed by atoms with van der Waals surface area (Å²) in [6.45, 7) is 5.20. The van der Waals surface area contributed by atoms with Gasteiger partial charge in [0.15, 0.2) is 5.65 Å². The Kier molecular flexibility index (Phi) is 6.28. The van der Waals surface area contributed by atoms with Crippen molar-refractivity contribution in [3.63, 3.8) is 0 Å². The molecule has 33 heavy (non-hydrogen) atoms. The van der Waals surface area contributed by atoms with E-state index in [1.54, 1.807) is 4.68 Å². The second kappa shape index (κ2) is 9.30. The maximum Gasteiger partial charge on any atom is 0.238 e. The predicted octanol–water partition coefficient (Wildman–Crippen LogP) is 3.97. The molecule has 0 aliphatic rings. The molecule has 0 saturated heterocycles. The number of amides is 1. The maximum atomic E-state index is 12.6. The first-order valence-electron chi connectivity index (χ1n) is 10.8. The number of carbonyl (C=O) groups is 1. The number of hydrogen-bond acceptors (Lipinski definition) is 6. The molecule has 0 aliphatic carbocycles. The fourth-order valence-electron chi connectivity index (χ4n) is 3.90. The first kappa shape index (κ1) is 22.3. The molecule has 1 unspecified atom stereocenters. The monoisotopic (exact) mass is 445 g/mol. The van der Waals surface area contributed by atoms with Crippen molar-refractivity contribution >= 4 is 22.8 Å². The zero-order valence-electron chi connectivity index (χ0n) is 18.8. The first-order chi connectivity index (χ1) is 15.9. The number of para-hydroxylation sites is 1. The lowest BCUT2D eigenvalue weighted by atomic mass is 10.0. The molecular formula is C25H27N5O3. The molecule has 8 nitrogen and oxygen atoms in total. The second-order valence-corrected chi connectivity index (χ2v) is 8.14. The van der Waals surface area contributed by atoms with Crippen LogP contribution in [0.25, 0.3) is 22.2 Å². The summed E-state index contributed by atoms with van der Waals surface area (Å²) in [6.07, 6.45) is 3.19. The van der Waals surface area contributed by atoms with E-state index in [2.05, 4.69) is 9.97 Å². The predicted molar refractivity (Wildman–Crippen MR) is 129 cm³/mol. The number of fused-ring (bicyclic) bond motifs is 1. The number of benzene rings is 2.